The lowest BCUT2D eigenvalue weighted by Gasteiger charge is -2.07. The smallest absolute Gasteiger partial charge is 0.344 e. The number of hydrogen-bond acceptors (Lipinski definition) is 5. The summed E-state index contributed by atoms with van der Waals surface area (Å²) in [6.45, 7) is 3.91. The predicted octanol–water partition coefficient (Wildman–Crippen LogP) is 1.26. The lowest BCUT2D eigenvalue weighted by molar-refractivity contribution is -0.120. The third-order valence-electron chi connectivity index (χ3n) is 2.89. The van der Waals surface area contributed by atoms with Gasteiger partial charge < -0.3 is 4.74 Å². The first-order chi connectivity index (χ1) is 10.0. The molecule has 2 heterocycles. The van der Waals surface area contributed by atoms with E-state index in [4.69, 9.17) is 4.74 Å². The van der Waals surface area contributed by atoms with Crippen molar-refractivity contribution < 1.29 is 9.53 Å². The van der Waals surface area contributed by atoms with Crippen molar-refractivity contribution in [2.75, 3.05) is 7.11 Å². The van der Waals surface area contributed by atoms with Crippen molar-refractivity contribution in [2.45, 2.75) is 26.8 Å². The van der Waals surface area contributed by atoms with Gasteiger partial charge in [0.2, 0.25) is 5.88 Å². The van der Waals surface area contributed by atoms with Crippen LogP contribution in [0.2, 0.25) is 0 Å². The Morgan fingerprint density at radius 3 is 2.86 bits per heavy atom. The quantitative estimate of drug-likeness (QED) is 0.865. The molecule has 21 heavy (non-hydrogen) atoms. The van der Waals surface area contributed by atoms with E-state index in [1.165, 1.54) is 11.7 Å². The van der Waals surface area contributed by atoms with Crippen molar-refractivity contribution in [3.8, 4) is 17.4 Å². The molecular formula is C14H18N4O3. The normalized spacial score (nSPS) is 10.9. The summed E-state index contributed by atoms with van der Waals surface area (Å²) in [6, 6.07) is 5.16. The monoisotopic (exact) mass is 290 g/mol. The van der Waals surface area contributed by atoms with Crippen LogP contribution in [0.15, 0.2) is 23.0 Å². The average Bonchev–Trinajstić information content (AvgIpc) is 2.79. The highest BCUT2D eigenvalue weighted by atomic mass is 16.5. The highest BCUT2D eigenvalue weighted by Gasteiger charge is 2.16. The summed E-state index contributed by atoms with van der Waals surface area (Å²) in [4.78, 5) is 28.0. The van der Waals surface area contributed by atoms with E-state index in [0.29, 0.717) is 23.8 Å². The van der Waals surface area contributed by atoms with Gasteiger partial charge in [-0.1, -0.05) is 19.9 Å². The number of aromatic nitrogens is 4. The number of carbonyl (C=O) groups excluding carboxylic acids is 1. The fourth-order valence-electron chi connectivity index (χ4n) is 2.01. The number of H-pyrrole nitrogens is 1. The Morgan fingerprint density at radius 1 is 1.43 bits per heavy atom. The first-order valence-corrected chi connectivity index (χ1v) is 6.69. The van der Waals surface area contributed by atoms with Gasteiger partial charge in [0, 0.05) is 12.5 Å². The van der Waals surface area contributed by atoms with E-state index in [0.717, 1.165) is 0 Å². The molecule has 7 heteroatoms. The van der Waals surface area contributed by atoms with Gasteiger partial charge in [-0.05, 0) is 12.0 Å². The molecule has 0 spiro atoms. The van der Waals surface area contributed by atoms with Gasteiger partial charge >= 0.3 is 5.69 Å². The molecule has 0 amide bonds. The van der Waals surface area contributed by atoms with Crippen molar-refractivity contribution in [3.63, 3.8) is 0 Å². The largest absolute Gasteiger partial charge is 0.481 e. The number of nitrogens with one attached hydrogen (secondary N) is 1. The maximum atomic E-state index is 11.9. The zero-order valence-corrected chi connectivity index (χ0v) is 12.3. The van der Waals surface area contributed by atoms with Crippen LogP contribution < -0.4 is 10.4 Å². The molecular weight excluding hydrogens is 272 g/mol. The number of hydrogen-bond donors (Lipinski definition) is 1. The standard InChI is InChI=1S/C14H18N4O3/c1-9(2)7-10(19)8-18-13(16-17-14(18)20)11-5-4-6-12(15-11)21-3/h4-6,9H,7-8H2,1-3H3,(H,17,20). The number of ketones is 1. The van der Waals surface area contributed by atoms with Crippen LogP contribution in [0.5, 0.6) is 5.88 Å². The van der Waals surface area contributed by atoms with Crippen molar-refractivity contribution in [3.05, 3.63) is 28.7 Å². The Balaban J connectivity index is 2.33. The molecule has 112 valence electrons. The SMILES string of the molecule is COc1cccc(-c2n[nH]c(=O)n2CC(=O)CC(C)C)n1. The second-order valence-electron chi connectivity index (χ2n) is 5.14. The Morgan fingerprint density at radius 2 is 2.19 bits per heavy atom. The third-order valence-corrected chi connectivity index (χ3v) is 2.89. The van der Waals surface area contributed by atoms with Crippen LogP contribution in [-0.4, -0.2) is 32.6 Å². The van der Waals surface area contributed by atoms with Crippen molar-refractivity contribution in [1.82, 2.24) is 19.7 Å². The molecule has 0 fully saturated rings. The van der Waals surface area contributed by atoms with Gasteiger partial charge in [-0.25, -0.2) is 14.9 Å². The topological polar surface area (TPSA) is 89.9 Å². The highest BCUT2D eigenvalue weighted by Crippen LogP contribution is 2.16. The highest BCUT2D eigenvalue weighted by molar-refractivity contribution is 5.78. The lowest BCUT2D eigenvalue weighted by atomic mass is 10.1. The number of carbonyl (C=O) groups is 1. The van der Waals surface area contributed by atoms with E-state index in [1.807, 2.05) is 13.8 Å². The van der Waals surface area contributed by atoms with Crippen molar-refractivity contribution in [1.29, 1.82) is 0 Å². The molecule has 0 atom stereocenters. The zero-order valence-electron chi connectivity index (χ0n) is 12.3. The van der Waals surface area contributed by atoms with Crippen LogP contribution in [0, 0.1) is 5.92 Å². The first-order valence-electron chi connectivity index (χ1n) is 6.69. The fourth-order valence-corrected chi connectivity index (χ4v) is 2.01. The zero-order chi connectivity index (χ0) is 15.4. The molecule has 0 aliphatic heterocycles. The summed E-state index contributed by atoms with van der Waals surface area (Å²) in [5.41, 5.74) is 0.0526. The molecule has 0 saturated carbocycles. The van der Waals surface area contributed by atoms with E-state index >= 15 is 0 Å². The summed E-state index contributed by atoms with van der Waals surface area (Å²) >= 11 is 0. The molecule has 1 N–H and O–H groups in total. The molecule has 0 aromatic carbocycles. The molecule has 0 aliphatic carbocycles. The van der Waals surface area contributed by atoms with Gasteiger partial charge in [0.25, 0.3) is 0 Å². The van der Waals surface area contributed by atoms with Crippen molar-refractivity contribution >= 4 is 5.78 Å². The lowest BCUT2D eigenvalue weighted by Crippen LogP contribution is -2.23. The molecule has 0 radical (unpaired) electrons. The first kappa shape index (κ1) is 15.0. The molecule has 7 nitrogen and oxygen atoms in total. The molecule has 0 aliphatic rings. The van der Waals surface area contributed by atoms with Gasteiger partial charge in [0.1, 0.15) is 5.69 Å². The molecule has 0 saturated heterocycles. The van der Waals surface area contributed by atoms with E-state index in [-0.39, 0.29) is 18.2 Å². The number of ether oxygens (including phenoxy) is 1. The summed E-state index contributed by atoms with van der Waals surface area (Å²) < 4.78 is 6.35. The van der Waals surface area contributed by atoms with Crippen molar-refractivity contribution in [2.24, 2.45) is 5.92 Å². The van der Waals surface area contributed by atoms with Crippen LogP contribution in [0.3, 0.4) is 0 Å². The third kappa shape index (κ3) is 3.56. The number of aromatic amines is 1. The number of methoxy groups -OCH3 is 1. The Kier molecular flexibility index (Phi) is 4.52. The Hall–Kier alpha value is -2.44. The summed E-state index contributed by atoms with van der Waals surface area (Å²) in [7, 11) is 1.51. The molecule has 2 aromatic rings. The second-order valence-corrected chi connectivity index (χ2v) is 5.14. The minimum atomic E-state index is -0.424. The number of nitrogens with zero attached hydrogens (tertiary/aromatic N) is 3. The maximum absolute atomic E-state index is 11.9. The summed E-state index contributed by atoms with van der Waals surface area (Å²) in [6.07, 6.45) is 0.419. The van der Waals surface area contributed by atoms with Crippen LogP contribution in [0.1, 0.15) is 20.3 Å². The minimum absolute atomic E-state index is 0.0122. The van der Waals surface area contributed by atoms with Gasteiger partial charge in [-0.2, -0.15) is 5.10 Å². The minimum Gasteiger partial charge on any atom is -0.481 e. The molecule has 2 aromatic heterocycles. The van der Waals surface area contributed by atoms with Crippen LogP contribution in [0.4, 0.5) is 0 Å². The second kappa shape index (κ2) is 6.34. The van der Waals surface area contributed by atoms with E-state index in [1.54, 1.807) is 18.2 Å². The predicted molar refractivity (Wildman–Crippen MR) is 77.1 cm³/mol. The summed E-state index contributed by atoms with van der Waals surface area (Å²) in [5, 5.41) is 6.31. The van der Waals surface area contributed by atoms with Crippen LogP contribution in [-0.2, 0) is 11.3 Å². The van der Waals surface area contributed by atoms with Gasteiger partial charge in [0.05, 0.1) is 13.7 Å². The van der Waals surface area contributed by atoms with E-state index < -0.39 is 5.69 Å². The molecule has 0 bridgehead atoms. The van der Waals surface area contributed by atoms with E-state index in [2.05, 4.69) is 15.2 Å². The van der Waals surface area contributed by atoms with Crippen LogP contribution >= 0.6 is 0 Å². The Bertz CT molecular complexity index is 688. The number of rotatable bonds is 6. The molecule has 0 unspecified atom stereocenters. The number of pyridine rings is 1. The fraction of sp³-hybridized carbons (Fsp3) is 0.429. The molecule has 2 rings (SSSR count). The van der Waals surface area contributed by atoms with Crippen LogP contribution in [0.25, 0.3) is 11.5 Å². The van der Waals surface area contributed by atoms with Gasteiger partial charge in [0.15, 0.2) is 11.6 Å². The van der Waals surface area contributed by atoms with Gasteiger partial charge in [-0.3, -0.25) is 9.36 Å². The Labute approximate surface area is 122 Å². The van der Waals surface area contributed by atoms with E-state index in [9.17, 15) is 9.59 Å². The summed E-state index contributed by atoms with van der Waals surface area (Å²) in [5.74, 6) is 0.982. The average molecular weight is 290 g/mol. The number of Topliss-reactive ketones (excluding diaryl/α,β-unsaturated/α-hetero) is 1. The van der Waals surface area contributed by atoms with Gasteiger partial charge in [-0.15, -0.1) is 0 Å². The maximum Gasteiger partial charge on any atom is 0.344 e.